The molecule has 1 fully saturated rings. The summed E-state index contributed by atoms with van der Waals surface area (Å²) in [4.78, 5) is 0.249. The maximum Gasteiger partial charge on any atom is 0.205 e. The van der Waals surface area contributed by atoms with Crippen LogP contribution in [0.2, 0.25) is 0 Å². The smallest absolute Gasteiger partial charge is 0.205 e. The van der Waals surface area contributed by atoms with Gasteiger partial charge in [-0.2, -0.15) is 0 Å². The Morgan fingerprint density at radius 3 is 2.53 bits per heavy atom. The van der Waals surface area contributed by atoms with Crippen molar-refractivity contribution in [2.24, 2.45) is 0 Å². The molecule has 1 heterocycles. The van der Waals surface area contributed by atoms with Crippen LogP contribution in [-0.4, -0.2) is 32.3 Å². The summed E-state index contributed by atoms with van der Waals surface area (Å²) in [6.07, 6.45) is 0.694. The number of hydrogen-bond acceptors (Lipinski definition) is 4. The van der Waals surface area contributed by atoms with Crippen LogP contribution in [0.4, 0.5) is 0 Å². The first-order valence-electron chi connectivity index (χ1n) is 6.28. The highest BCUT2D eigenvalue weighted by Gasteiger charge is 2.30. The summed E-state index contributed by atoms with van der Waals surface area (Å²) in [5.41, 5.74) is 0.992. The molecule has 5 heteroatoms. The molecule has 0 bridgehead atoms. The lowest BCUT2D eigenvalue weighted by Gasteiger charge is -2.14. The van der Waals surface area contributed by atoms with Gasteiger partial charge in [0.05, 0.1) is 22.5 Å². The third-order valence-corrected chi connectivity index (χ3v) is 4.99. The zero-order valence-corrected chi connectivity index (χ0v) is 11.9. The molecule has 1 aromatic rings. The minimum atomic E-state index is -3.65. The molecule has 0 radical (unpaired) electrons. The van der Waals surface area contributed by atoms with Crippen LogP contribution in [0.5, 0.6) is 0 Å². The Balaban J connectivity index is 2.42. The molecule has 0 spiro atoms. The van der Waals surface area contributed by atoms with E-state index < -0.39 is 15.9 Å². The molecular formula is C14H18O4S. The number of ether oxygens (including phenoxy) is 1. The Labute approximate surface area is 113 Å². The molecule has 2 rings (SSSR count). The van der Waals surface area contributed by atoms with Gasteiger partial charge in [0, 0.05) is 0 Å². The summed E-state index contributed by atoms with van der Waals surface area (Å²) in [7, 11) is -3.65. The lowest BCUT2D eigenvalue weighted by atomic mass is 10.2. The van der Waals surface area contributed by atoms with Crippen LogP contribution < -0.4 is 0 Å². The minimum Gasteiger partial charge on any atom is -0.388 e. The molecule has 0 aromatic heterocycles. The maximum atomic E-state index is 12.5. The lowest BCUT2D eigenvalue weighted by Crippen LogP contribution is -2.19. The van der Waals surface area contributed by atoms with Gasteiger partial charge >= 0.3 is 0 Å². The molecular weight excluding hydrogens is 264 g/mol. The Kier molecular flexibility index (Phi) is 4.08. The van der Waals surface area contributed by atoms with Gasteiger partial charge in [-0.05, 0) is 31.6 Å². The van der Waals surface area contributed by atoms with Crippen LogP contribution in [0.1, 0.15) is 18.9 Å². The van der Waals surface area contributed by atoms with Crippen molar-refractivity contribution < 1.29 is 18.3 Å². The number of epoxide rings is 1. The SMILES string of the molecule is CC[C@H](O)/C(=C\[C@@H]1CO1)S(=O)(=O)c1ccc(C)cc1. The van der Waals surface area contributed by atoms with E-state index in [2.05, 4.69) is 0 Å². The van der Waals surface area contributed by atoms with Gasteiger partial charge in [0.2, 0.25) is 9.84 Å². The van der Waals surface area contributed by atoms with Crippen molar-refractivity contribution in [1.82, 2.24) is 0 Å². The van der Waals surface area contributed by atoms with Gasteiger partial charge in [-0.1, -0.05) is 24.6 Å². The molecule has 19 heavy (non-hydrogen) atoms. The Morgan fingerprint density at radius 1 is 1.47 bits per heavy atom. The zero-order valence-electron chi connectivity index (χ0n) is 11.0. The average molecular weight is 282 g/mol. The van der Waals surface area contributed by atoms with Crippen molar-refractivity contribution in [1.29, 1.82) is 0 Å². The molecule has 2 atom stereocenters. The summed E-state index contributed by atoms with van der Waals surface area (Å²) in [5, 5.41) is 9.94. The molecule has 0 aliphatic carbocycles. The van der Waals surface area contributed by atoms with E-state index >= 15 is 0 Å². The van der Waals surface area contributed by atoms with E-state index in [4.69, 9.17) is 4.74 Å². The molecule has 1 aromatic carbocycles. The molecule has 0 saturated carbocycles. The van der Waals surface area contributed by atoms with E-state index in [0.29, 0.717) is 13.0 Å². The molecule has 1 aliphatic rings. The second kappa shape index (κ2) is 5.45. The topological polar surface area (TPSA) is 66.9 Å². The van der Waals surface area contributed by atoms with Crippen LogP contribution in [0.25, 0.3) is 0 Å². The summed E-state index contributed by atoms with van der Waals surface area (Å²) >= 11 is 0. The van der Waals surface area contributed by atoms with Crippen LogP contribution in [0, 0.1) is 6.92 Å². The normalized spacial score (nSPS) is 21.2. The maximum absolute atomic E-state index is 12.5. The Morgan fingerprint density at radius 2 is 2.05 bits per heavy atom. The summed E-state index contributed by atoms with van der Waals surface area (Å²) in [6, 6.07) is 6.62. The largest absolute Gasteiger partial charge is 0.388 e. The second-order valence-electron chi connectivity index (χ2n) is 4.68. The quantitative estimate of drug-likeness (QED) is 0.837. The standard InChI is InChI=1S/C14H18O4S/c1-3-13(15)14(8-11-9-18-11)19(16,17)12-6-4-10(2)5-7-12/h4-8,11,13,15H,3,9H2,1-2H3/b14-8+/t11-,13+/m1/s1. The highest BCUT2D eigenvalue weighted by atomic mass is 32.2. The van der Waals surface area contributed by atoms with Gasteiger partial charge in [-0.15, -0.1) is 0 Å². The predicted octanol–water partition coefficient (Wildman–Crippen LogP) is 1.82. The summed E-state index contributed by atoms with van der Waals surface area (Å²) in [5.74, 6) is 0. The van der Waals surface area contributed by atoms with E-state index in [1.54, 1.807) is 31.2 Å². The summed E-state index contributed by atoms with van der Waals surface area (Å²) < 4.78 is 30.1. The van der Waals surface area contributed by atoms with Crippen LogP contribution in [-0.2, 0) is 14.6 Å². The fourth-order valence-electron chi connectivity index (χ4n) is 1.77. The number of aliphatic hydroxyl groups is 1. The first-order valence-corrected chi connectivity index (χ1v) is 7.76. The van der Waals surface area contributed by atoms with Crippen molar-refractivity contribution in [3.8, 4) is 0 Å². The zero-order chi connectivity index (χ0) is 14.0. The lowest BCUT2D eigenvalue weighted by molar-refractivity contribution is 0.213. The fraction of sp³-hybridized carbons (Fsp3) is 0.429. The summed E-state index contributed by atoms with van der Waals surface area (Å²) in [6.45, 7) is 4.16. The second-order valence-corrected chi connectivity index (χ2v) is 6.63. The van der Waals surface area contributed by atoms with Crippen LogP contribution in [0.3, 0.4) is 0 Å². The molecule has 1 aliphatic heterocycles. The number of sulfone groups is 1. The van der Waals surface area contributed by atoms with E-state index in [-0.39, 0.29) is 15.9 Å². The van der Waals surface area contributed by atoms with Crippen molar-refractivity contribution in [2.45, 2.75) is 37.4 Å². The number of aryl methyl sites for hydroxylation is 1. The molecule has 1 saturated heterocycles. The van der Waals surface area contributed by atoms with Gasteiger partial charge in [0.25, 0.3) is 0 Å². The molecule has 0 unspecified atom stereocenters. The van der Waals surface area contributed by atoms with E-state index in [1.165, 1.54) is 6.08 Å². The molecule has 4 nitrogen and oxygen atoms in total. The monoisotopic (exact) mass is 282 g/mol. The first kappa shape index (κ1) is 14.2. The Bertz CT molecular complexity index is 568. The first-order chi connectivity index (χ1) is 8.95. The predicted molar refractivity (Wildman–Crippen MR) is 72.5 cm³/mol. The van der Waals surface area contributed by atoms with Crippen molar-refractivity contribution in [3.05, 3.63) is 40.8 Å². The third-order valence-electron chi connectivity index (χ3n) is 3.07. The van der Waals surface area contributed by atoms with Gasteiger partial charge in [0.15, 0.2) is 0 Å². The van der Waals surface area contributed by atoms with E-state index in [0.717, 1.165) is 5.56 Å². The van der Waals surface area contributed by atoms with Crippen molar-refractivity contribution in [3.63, 3.8) is 0 Å². The molecule has 1 N–H and O–H groups in total. The molecule has 0 amide bonds. The van der Waals surface area contributed by atoms with E-state index in [1.807, 2.05) is 6.92 Å². The van der Waals surface area contributed by atoms with Crippen molar-refractivity contribution >= 4 is 9.84 Å². The van der Waals surface area contributed by atoms with Gasteiger partial charge in [-0.25, -0.2) is 8.42 Å². The minimum absolute atomic E-state index is 0.0429. The number of aliphatic hydroxyl groups excluding tert-OH is 1. The highest BCUT2D eigenvalue weighted by molar-refractivity contribution is 7.95. The number of hydrogen-bond donors (Lipinski definition) is 1. The van der Waals surface area contributed by atoms with Crippen LogP contribution in [0.15, 0.2) is 40.1 Å². The van der Waals surface area contributed by atoms with Gasteiger partial charge < -0.3 is 9.84 Å². The van der Waals surface area contributed by atoms with Gasteiger partial charge in [0.1, 0.15) is 6.10 Å². The highest BCUT2D eigenvalue weighted by Crippen LogP contribution is 2.26. The molecule has 104 valence electrons. The number of benzene rings is 1. The van der Waals surface area contributed by atoms with E-state index in [9.17, 15) is 13.5 Å². The van der Waals surface area contributed by atoms with Crippen LogP contribution >= 0.6 is 0 Å². The van der Waals surface area contributed by atoms with Gasteiger partial charge in [-0.3, -0.25) is 0 Å². The number of rotatable bonds is 5. The third kappa shape index (κ3) is 3.23. The average Bonchev–Trinajstić information content (AvgIpc) is 3.19. The van der Waals surface area contributed by atoms with Crippen molar-refractivity contribution in [2.75, 3.05) is 6.61 Å². The fourth-order valence-corrected chi connectivity index (χ4v) is 3.39. The Hall–Kier alpha value is -1.17.